The summed E-state index contributed by atoms with van der Waals surface area (Å²) in [4.78, 5) is 23.9. The molecule has 7 heteroatoms. The first-order chi connectivity index (χ1) is 12.9. The molecule has 0 heterocycles. The molecule has 0 atom stereocenters. The summed E-state index contributed by atoms with van der Waals surface area (Å²) in [7, 11) is 0.428. The lowest BCUT2D eigenvalue weighted by molar-refractivity contribution is -0.158. The molecule has 0 fully saturated rings. The fourth-order valence-corrected chi connectivity index (χ4v) is 3.18. The van der Waals surface area contributed by atoms with E-state index >= 15 is 0 Å². The smallest absolute Gasteiger partial charge is 0.320 e. The Labute approximate surface area is 168 Å². The van der Waals surface area contributed by atoms with Crippen molar-refractivity contribution >= 4 is 25.8 Å². The minimum Gasteiger partial charge on any atom is -0.468 e. The van der Waals surface area contributed by atoms with Crippen molar-refractivity contribution in [2.45, 2.75) is 45.3 Å². The van der Waals surface area contributed by atoms with Crippen molar-refractivity contribution in [1.29, 1.82) is 0 Å². The van der Waals surface area contributed by atoms with Crippen LogP contribution >= 0.6 is 0 Å². The Bertz CT molecular complexity index is 689. The third-order valence-electron chi connectivity index (χ3n) is 5.18. The third kappa shape index (κ3) is 6.56. The second-order valence-corrected chi connectivity index (χ2v) is 12.9. The van der Waals surface area contributed by atoms with E-state index in [0.29, 0.717) is 6.61 Å². The van der Waals surface area contributed by atoms with Gasteiger partial charge in [-0.2, -0.15) is 0 Å². The van der Waals surface area contributed by atoms with Gasteiger partial charge < -0.3 is 13.9 Å². The molecular weight excluding hydrogens is 379 g/mol. The van der Waals surface area contributed by atoms with Gasteiger partial charge in [-0.1, -0.05) is 39.0 Å². The Morgan fingerprint density at radius 3 is 2.00 bits per heavy atom. The first-order valence-electron chi connectivity index (χ1n) is 9.17. The molecule has 0 unspecified atom stereocenters. The van der Waals surface area contributed by atoms with Gasteiger partial charge in [-0.15, -0.1) is 0 Å². The molecule has 1 aromatic carbocycles. The van der Waals surface area contributed by atoms with Crippen LogP contribution < -0.4 is 0 Å². The first kappa shape index (κ1) is 24.0. The Morgan fingerprint density at radius 2 is 1.57 bits per heavy atom. The number of carbonyl (C=O) groups is 2. The summed E-state index contributed by atoms with van der Waals surface area (Å²) in [5.74, 6) is -2.72. The van der Waals surface area contributed by atoms with Crippen LogP contribution in [0.4, 0.5) is 4.39 Å². The van der Waals surface area contributed by atoms with Crippen molar-refractivity contribution in [3.8, 4) is 0 Å². The number of carbonyl (C=O) groups excluding carboxylic acids is 2. The van der Waals surface area contributed by atoms with Gasteiger partial charge in [0, 0.05) is 0 Å². The van der Waals surface area contributed by atoms with Crippen molar-refractivity contribution in [1.82, 2.24) is 0 Å². The molecular formula is C21H31FO5Si. The predicted molar refractivity (Wildman–Crippen MR) is 110 cm³/mol. The number of methoxy groups -OCH3 is 2. The van der Waals surface area contributed by atoms with Gasteiger partial charge >= 0.3 is 11.9 Å². The van der Waals surface area contributed by atoms with Crippen LogP contribution in [-0.4, -0.2) is 41.1 Å². The highest BCUT2D eigenvalue weighted by Crippen LogP contribution is 2.37. The van der Waals surface area contributed by atoms with Gasteiger partial charge in [0.15, 0.2) is 14.2 Å². The number of benzene rings is 1. The fourth-order valence-electron chi connectivity index (χ4n) is 2.23. The van der Waals surface area contributed by atoms with Gasteiger partial charge in [0.05, 0.1) is 20.8 Å². The van der Waals surface area contributed by atoms with Crippen LogP contribution in [0, 0.1) is 11.7 Å². The van der Waals surface area contributed by atoms with E-state index in [0.717, 1.165) is 11.1 Å². The molecule has 0 radical (unpaired) electrons. The summed E-state index contributed by atoms with van der Waals surface area (Å²) in [6.45, 7) is 11.0. The van der Waals surface area contributed by atoms with E-state index in [1.54, 1.807) is 18.2 Å². The Morgan fingerprint density at radius 1 is 1.07 bits per heavy atom. The van der Waals surface area contributed by atoms with E-state index in [-0.39, 0.29) is 17.3 Å². The summed E-state index contributed by atoms with van der Waals surface area (Å²) in [6, 6.07) is 6.05. The lowest BCUT2D eigenvalue weighted by atomic mass is 10.00. The van der Waals surface area contributed by atoms with Crippen molar-refractivity contribution in [3.05, 3.63) is 41.7 Å². The average Bonchev–Trinajstić information content (AvgIpc) is 2.63. The first-order valence-corrected chi connectivity index (χ1v) is 12.1. The van der Waals surface area contributed by atoms with Gasteiger partial charge in [0.1, 0.15) is 5.82 Å². The zero-order chi connectivity index (χ0) is 21.5. The standard InChI is InChI=1S/C21H31FO5Si/c1-21(2,3)28(6,7)27-14-16(15-8-11-17(22)12-9-15)10-13-18(19(23)25-4)20(24)26-5/h8-12,18H,13-14H2,1-7H3/b16-10+. The highest BCUT2D eigenvalue weighted by atomic mass is 28.4. The molecule has 28 heavy (non-hydrogen) atoms. The molecule has 1 aromatic rings. The molecule has 0 saturated carbocycles. The summed E-state index contributed by atoms with van der Waals surface area (Å²) in [6.07, 6.45) is 1.87. The fraction of sp³-hybridized carbons (Fsp3) is 0.524. The molecule has 0 bridgehead atoms. The maximum Gasteiger partial charge on any atom is 0.320 e. The number of hydrogen-bond acceptors (Lipinski definition) is 5. The Balaban J connectivity index is 3.15. The van der Waals surface area contributed by atoms with E-state index in [2.05, 4.69) is 33.9 Å². The maximum atomic E-state index is 13.3. The largest absolute Gasteiger partial charge is 0.468 e. The van der Waals surface area contributed by atoms with E-state index in [4.69, 9.17) is 13.9 Å². The van der Waals surface area contributed by atoms with Gasteiger partial charge in [-0.05, 0) is 47.8 Å². The van der Waals surface area contributed by atoms with Crippen LogP contribution in [0.2, 0.25) is 18.1 Å². The van der Waals surface area contributed by atoms with Crippen LogP contribution in [0.15, 0.2) is 30.3 Å². The molecule has 0 aromatic heterocycles. The molecule has 1 rings (SSSR count). The van der Waals surface area contributed by atoms with E-state index in [1.807, 2.05) is 0 Å². The normalized spacial score (nSPS) is 12.8. The number of esters is 2. The third-order valence-corrected chi connectivity index (χ3v) is 9.66. The zero-order valence-corrected chi connectivity index (χ0v) is 18.8. The van der Waals surface area contributed by atoms with E-state index in [9.17, 15) is 14.0 Å². The van der Waals surface area contributed by atoms with Crippen LogP contribution in [-0.2, 0) is 23.5 Å². The van der Waals surface area contributed by atoms with Gasteiger partial charge in [0.2, 0.25) is 0 Å². The Kier molecular flexibility index (Phi) is 8.57. The molecule has 0 spiro atoms. The molecule has 0 aliphatic rings. The van der Waals surface area contributed by atoms with Crippen molar-refractivity contribution < 1.29 is 27.9 Å². The molecule has 0 aliphatic heterocycles. The summed E-state index contributed by atoms with van der Waals surface area (Å²) >= 11 is 0. The quantitative estimate of drug-likeness (QED) is 0.356. The number of ether oxygens (including phenoxy) is 2. The molecule has 156 valence electrons. The predicted octanol–water partition coefficient (Wildman–Crippen LogP) is 4.58. The SMILES string of the molecule is COC(=O)C(C/C=C(\CO[Si](C)(C)C(C)(C)C)c1ccc(F)cc1)C(=O)OC. The lowest BCUT2D eigenvalue weighted by Gasteiger charge is -2.36. The minimum absolute atomic E-state index is 0.0292. The average molecular weight is 411 g/mol. The van der Waals surface area contributed by atoms with Crippen LogP contribution in [0.5, 0.6) is 0 Å². The Hall–Kier alpha value is -1.99. The van der Waals surface area contributed by atoms with Gasteiger partial charge in [0.25, 0.3) is 0 Å². The minimum atomic E-state index is -2.02. The number of rotatable bonds is 8. The zero-order valence-electron chi connectivity index (χ0n) is 17.8. The number of hydrogen-bond donors (Lipinski definition) is 0. The number of allylic oxidation sites excluding steroid dienone is 1. The van der Waals surface area contributed by atoms with E-state index in [1.165, 1.54) is 26.4 Å². The number of halogens is 1. The summed E-state index contributed by atoms with van der Waals surface area (Å²) < 4.78 is 29.0. The van der Waals surface area contributed by atoms with Crippen LogP contribution in [0.1, 0.15) is 32.8 Å². The maximum absolute atomic E-state index is 13.3. The summed E-state index contributed by atoms with van der Waals surface area (Å²) in [5.41, 5.74) is 1.55. The van der Waals surface area contributed by atoms with Crippen LogP contribution in [0.3, 0.4) is 0 Å². The van der Waals surface area contributed by atoms with Gasteiger partial charge in [-0.25, -0.2) is 4.39 Å². The second kappa shape index (κ2) is 9.98. The second-order valence-electron chi connectivity index (χ2n) is 8.12. The highest BCUT2D eigenvalue weighted by molar-refractivity contribution is 6.74. The molecule has 5 nitrogen and oxygen atoms in total. The lowest BCUT2D eigenvalue weighted by Crippen LogP contribution is -2.41. The van der Waals surface area contributed by atoms with Crippen molar-refractivity contribution in [2.75, 3.05) is 20.8 Å². The van der Waals surface area contributed by atoms with Crippen LogP contribution in [0.25, 0.3) is 5.57 Å². The summed E-state index contributed by atoms with van der Waals surface area (Å²) in [5, 5.41) is 0.0292. The van der Waals surface area contributed by atoms with Crippen molar-refractivity contribution in [3.63, 3.8) is 0 Å². The highest BCUT2D eigenvalue weighted by Gasteiger charge is 2.37. The van der Waals surface area contributed by atoms with Crippen molar-refractivity contribution in [2.24, 2.45) is 5.92 Å². The monoisotopic (exact) mass is 410 g/mol. The van der Waals surface area contributed by atoms with Gasteiger partial charge in [-0.3, -0.25) is 9.59 Å². The van der Waals surface area contributed by atoms with E-state index < -0.39 is 26.2 Å². The molecule has 0 N–H and O–H groups in total. The topological polar surface area (TPSA) is 61.8 Å². The molecule has 0 aliphatic carbocycles. The molecule has 0 amide bonds. The molecule has 0 saturated heterocycles.